The van der Waals surface area contributed by atoms with Crippen LogP contribution in [-0.2, 0) is 4.79 Å². The molecule has 1 aromatic heterocycles. The maximum absolute atomic E-state index is 11.9. The van der Waals surface area contributed by atoms with E-state index in [1.54, 1.807) is 13.3 Å². The number of carbonyl (C=O) groups is 1. The van der Waals surface area contributed by atoms with Crippen LogP contribution < -0.4 is 15.4 Å². The molecule has 2 N–H and O–H groups in total. The minimum absolute atomic E-state index is 0.0197. The molecule has 1 atom stereocenters. The molecule has 2 heterocycles. The third-order valence-electron chi connectivity index (χ3n) is 3.53. The minimum Gasteiger partial charge on any atom is -0.481 e. The lowest BCUT2D eigenvalue weighted by molar-refractivity contribution is -0.124. The van der Waals surface area contributed by atoms with Gasteiger partial charge in [-0.1, -0.05) is 18.2 Å². The Morgan fingerprint density at radius 2 is 2.10 bits per heavy atom. The first kappa shape index (κ1) is 13.6. The molecule has 5 heteroatoms. The van der Waals surface area contributed by atoms with Gasteiger partial charge < -0.3 is 15.4 Å². The lowest BCUT2D eigenvalue weighted by Gasteiger charge is -2.24. The van der Waals surface area contributed by atoms with Gasteiger partial charge in [0.15, 0.2) is 0 Å². The number of ether oxygens (including phenoxy) is 1. The summed E-state index contributed by atoms with van der Waals surface area (Å²) in [6.07, 6.45) is 1.77. The monoisotopic (exact) mass is 283 g/mol. The summed E-state index contributed by atoms with van der Waals surface area (Å²) in [6.45, 7) is 1.46. The highest BCUT2D eigenvalue weighted by atomic mass is 16.5. The van der Waals surface area contributed by atoms with E-state index < -0.39 is 0 Å². The van der Waals surface area contributed by atoms with Crippen LogP contribution in [0.5, 0.6) is 5.88 Å². The molecular weight excluding hydrogens is 266 g/mol. The highest BCUT2D eigenvalue weighted by Crippen LogP contribution is 2.24. The molecule has 0 radical (unpaired) electrons. The SMILES string of the molecule is COc1ccc(-c2cccc(C3NCCNC3=O)c2)cn1. The molecule has 1 amide bonds. The van der Waals surface area contributed by atoms with E-state index in [2.05, 4.69) is 15.6 Å². The number of hydrogen-bond donors (Lipinski definition) is 2. The number of nitrogens with one attached hydrogen (secondary N) is 2. The third kappa shape index (κ3) is 2.87. The van der Waals surface area contributed by atoms with Crippen molar-refractivity contribution in [3.05, 3.63) is 48.2 Å². The van der Waals surface area contributed by atoms with E-state index in [1.165, 1.54) is 0 Å². The molecule has 5 nitrogen and oxygen atoms in total. The van der Waals surface area contributed by atoms with E-state index in [9.17, 15) is 4.79 Å². The second-order valence-electron chi connectivity index (χ2n) is 4.89. The first-order valence-electron chi connectivity index (χ1n) is 6.89. The van der Waals surface area contributed by atoms with E-state index >= 15 is 0 Å². The van der Waals surface area contributed by atoms with E-state index in [0.29, 0.717) is 12.4 Å². The zero-order valence-corrected chi connectivity index (χ0v) is 11.8. The van der Waals surface area contributed by atoms with Crippen LogP contribution in [0.2, 0.25) is 0 Å². The molecule has 0 spiro atoms. The molecule has 0 aliphatic carbocycles. The van der Waals surface area contributed by atoms with Crippen LogP contribution in [0.1, 0.15) is 11.6 Å². The molecule has 3 rings (SSSR count). The minimum atomic E-state index is -0.287. The van der Waals surface area contributed by atoms with Crippen molar-refractivity contribution in [3.8, 4) is 17.0 Å². The van der Waals surface area contributed by atoms with Crippen molar-refractivity contribution >= 4 is 5.91 Å². The van der Waals surface area contributed by atoms with E-state index in [0.717, 1.165) is 23.2 Å². The first-order valence-corrected chi connectivity index (χ1v) is 6.89. The van der Waals surface area contributed by atoms with Crippen LogP contribution in [0, 0.1) is 0 Å². The number of rotatable bonds is 3. The van der Waals surface area contributed by atoms with Crippen LogP contribution in [0.15, 0.2) is 42.6 Å². The summed E-state index contributed by atoms with van der Waals surface area (Å²) in [5.41, 5.74) is 2.98. The van der Waals surface area contributed by atoms with Crippen molar-refractivity contribution in [1.82, 2.24) is 15.6 Å². The Labute approximate surface area is 123 Å². The van der Waals surface area contributed by atoms with Gasteiger partial charge in [0.2, 0.25) is 11.8 Å². The van der Waals surface area contributed by atoms with Crippen molar-refractivity contribution in [1.29, 1.82) is 0 Å². The van der Waals surface area contributed by atoms with Crippen molar-refractivity contribution in [2.45, 2.75) is 6.04 Å². The number of hydrogen-bond acceptors (Lipinski definition) is 4. The highest BCUT2D eigenvalue weighted by Gasteiger charge is 2.23. The highest BCUT2D eigenvalue weighted by molar-refractivity contribution is 5.84. The number of aromatic nitrogens is 1. The van der Waals surface area contributed by atoms with Gasteiger partial charge in [0.25, 0.3) is 0 Å². The van der Waals surface area contributed by atoms with Crippen LogP contribution in [0.25, 0.3) is 11.1 Å². The second kappa shape index (κ2) is 5.93. The third-order valence-corrected chi connectivity index (χ3v) is 3.53. The van der Waals surface area contributed by atoms with Crippen LogP contribution in [-0.4, -0.2) is 31.1 Å². The largest absolute Gasteiger partial charge is 0.481 e. The predicted molar refractivity (Wildman–Crippen MR) is 80.0 cm³/mol. The van der Waals surface area contributed by atoms with E-state index in [4.69, 9.17) is 4.74 Å². The van der Waals surface area contributed by atoms with E-state index in [1.807, 2.05) is 36.4 Å². The summed E-state index contributed by atoms with van der Waals surface area (Å²) in [7, 11) is 1.59. The lowest BCUT2D eigenvalue weighted by atomic mass is 9.99. The van der Waals surface area contributed by atoms with Crippen molar-refractivity contribution < 1.29 is 9.53 Å². The van der Waals surface area contributed by atoms with Gasteiger partial charge in [0, 0.05) is 30.9 Å². The maximum Gasteiger partial charge on any atom is 0.241 e. The Morgan fingerprint density at radius 3 is 2.81 bits per heavy atom. The Morgan fingerprint density at radius 1 is 1.19 bits per heavy atom. The zero-order valence-electron chi connectivity index (χ0n) is 11.8. The summed E-state index contributed by atoms with van der Waals surface area (Å²) in [5, 5.41) is 6.11. The fraction of sp³-hybridized carbons (Fsp3) is 0.250. The van der Waals surface area contributed by atoms with Crippen LogP contribution in [0.3, 0.4) is 0 Å². The van der Waals surface area contributed by atoms with Gasteiger partial charge in [-0.25, -0.2) is 4.98 Å². The Bertz CT molecular complexity index is 640. The Balaban J connectivity index is 1.90. The zero-order chi connectivity index (χ0) is 14.7. The summed E-state index contributed by atoms with van der Waals surface area (Å²) in [6, 6.07) is 11.4. The average molecular weight is 283 g/mol. The first-order chi connectivity index (χ1) is 10.3. The molecule has 0 bridgehead atoms. The van der Waals surface area contributed by atoms with Crippen molar-refractivity contribution in [2.24, 2.45) is 0 Å². The Kier molecular flexibility index (Phi) is 3.83. The maximum atomic E-state index is 11.9. The Hall–Kier alpha value is -2.40. The van der Waals surface area contributed by atoms with Gasteiger partial charge in [0.1, 0.15) is 6.04 Å². The summed E-state index contributed by atoms with van der Waals surface area (Å²) >= 11 is 0. The van der Waals surface area contributed by atoms with Crippen molar-refractivity contribution in [3.63, 3.8) is 0 Å². The number of benzene rings is 1. The molecule has 1 fully saturated rings. The molecule has 0 saturated carbocycles. The fourth-order valence-electron chi connectivity index (χ4n) is 2.44. The van der Waals surface area contributed by atoms with Gasteiger partial charge in [-0.05, 0) is 23.3 Å². The molecule has 1 saturated heterocycles. The number of methoxy groups -OCH3 is 1. The van der Waals surface area contributed by atoms with Gasteiger partial charge in [-0.2, -0.15) is 0 Å². The number of piperazine rings is 1. The van der Waals surface area contributed by atoms with Crippen LogP contribution in [0.4, 0.5) is 0 Å². The number of carbonyl (C=O) groups excluding carboxylic acids is 1. The summed E-state index contributed by atoms with van der Waals surface area (Å²) in [5.74, 6) is 0.606. The molecule has 21 heavy (non-hydrogen) atoms. The number of amides is 1. The molecule has 1 unspecified atom stereocenters. The smallest absolute Gasteiger partial charge is 0.241 e. The summed E-state index contributed by atoms with van der Waals surface area (Å²) in [4.78, 5) is 16.1. The summed E-state index contributed by atoms with van der Waals surface area (Å²) < 4.78 is 5.06. The topological polar surface area (TPSA) is 63.2 Å². The van der Waals surface area contributed by atoms with Gasteiger partial charge in [-0.3, -0.25) is 4.79 Å². The average Bonchev–Trinajstić information content (AvgIpc) is 2.55. The molecular formula is C16H17N3O2. The molecule has 108 valence electrons. The quantitative estimate of drug-likeness (QED) is 0.896. The number of nitrogens with zero attached hydrogens (tertiary/aromatic N) is 1. The lowest BCUT2D eigenvalue weighted by Crippen LogP contribution is -2.47. The van der Waals surface area contributed by atoms with Gasteiger partial charge in [0.05, 0.1) is 7.11 Å². The molecule has 2 aromatic rings. The van der Waals surface area contributed by atoms with Crippen LogP contribution >= 0.6 is 0 Å². The van der Waals surface area contributed by atoms with E-state index in [-0.39, 0.29) is 11.9 Å². The normalized spacial score (nSPS) is 18.1. The number of pyridine rings is 1. The fourth-order valence-corrected chi connectivity index (χ4v) is 2.44. The van der Waals surface area contributed by atoms with Gasteiger partial charge >= 0.3 is 0 Å². The molecule has 1 aliphatic heterocycles. The predicted octanol–water partition coefficient (Wildman–Crippen LogP) is 1.52. The van der Waals surface area contributed by atoms with Crippen molar-refractivity contribution in [2.75, 3.05) is 20.2 Å². The second-order valence-corrected chi connectivity index (χ2v) is 4.89. The molecule has 1 aliphatic rings. The standard InChI is InChI=1S/C16H17N3O2/c1-21-14-6-5-13(10-19-14)11-3-2-4-12(9-11)15-16(20)18-8-7-17-15/h2-6,9-10,15,17H,7-8H2,1H3,(H,18,20). The van der Waals surface area contributed by atoms with Gasteiger partial charge in [-0.15, -0.1) is 0 Å². The molecule has 1 aromatic carbocycles.